The number of halogens is 3. The Balaban J connectivity index is 1.43. The quantitative estimate of drug-likeness (QED) is 0.664. The van der Waals surface area contributed by atoms with Crippen molar-refractivity contribution in [1.82, 2.24) is 16.0 Å². The molecule has 2 saturated carbocycles. The first-order chi connectivity index (χ1) is 13.8. The van der Waals surface area contributed by atoms with Gasteiger partial charge in [-0.1, -0.05) is 6.92 Å². The number of carbonyl (C=O) groups is 1. The van der Waals surface area contributed by atoms with Crippen LogP contribution in [0, 0.1) is 29.6 Å². The van der Waals surface area contributed by atoms with E-state index in [2.05, 4.69) is 22.9 Å². The predicted octanol–water partition coefficient (Wildman–Crippen LogP) is 2.92. The van der Waals surface area contributed by atoms with E-state index >= 15 is 0 Å². The van der Waals surface area contributed by atoms with Gasteiger partial charge in [0, 0.05) is 36.6 Å². The molecule has 7 heteroatoms. The van der Waals surface area contributed by atoms with Crippen molar-refractivity contribution in [2.75, 3.05) is 6.54 Å². The van der Waals surface area contributed by atoms with E-state index in [9.17, 15) is 18.0 Å². The van der Waals surface area contributed by atoms with Crippen LogP contribution in [-0.4, -0.2) is 55.1 Å². The Morgan fingerprint density at radius 2 is 1.66 bits per heavy atom. The molecule has 0 spiro atoms. The zero-order valence-corrected chi connectivity index (χ0v) is 17.7. The maximum Gasteiger partial charge on any atom is 0.223 e. The van der Waals surface area contributed by atoms with Crippen molar-refractivity contribution in [3.63, 3.8) is 0 Å². The summed E-state index contributed by atoms with van der Waals surface area (Å²) >= 11 is 0. The molecule has 2 saturated heterocycles. The minimum atomic E-state index is -2.01. The first-order valence-corrected chi connectivity index (χ1v) is 11.5. The summed E-state index contributed by atoms with van der Waals surface area (Å²) in [6.07, 6.45) is -1.46. The van der Waals surface area contributed by atoms with Crippen molar-refractivity contribution in [2.45, 2.75) is 95.6 Å². The molecule has 4 nitrogen and oxygen atoms in total. The van der Waals surface area contributed by atoms with Gasteiger partial charge in [0.25, 0.3) is 0 Å². The second kappa shape index (κ2) is 8.37. The fourth-order valence-electron chi connectivity index (χ4n) is 6.74. The minimum absolute atomic E-state index is 0.0199. The highest BCUT2D eigenvalue weighted by Gasteiger charge is 2.54. The number of piperidine rings is 1. The van der Waals surface area contributed by atoms with Gasteiger partial charge in [0.1, 0.15) is 12.3 Å². The summed E-state index contributed by atoms with van der Waals surface area (Å²) in [6, 6.07) is 0.00886. The summed E-state index contributed by atoms with van der Waals surface area (Å²) in [5.41, 5.74) is 0. The summed E-state index contributed by atoms with van der Waals surface area (Å²) in [4.78, 5) is 12.8. The van der Waals surface area contributed by atoms with Gasteiger partial charge in [-0.05, 0) is 69.6 Å². The van der Waals surface area contributed by atoms with E-state index < -0.39 is 24.6 Å². The van der Waals surface area contributed by atoms with Crippen LogP contribution in [0.4, 0.5) is 13.2 Å². The normalized spacial score (nSPS) is 50.1. The maximum absolute atomic E-state index is 14.3. The van der Waals surface area contributed by atoms with Gasteiger partial charge >= 0.3 is 0 Å². The highest BCUT2D eigenvalue weighted by Crippen LogP contribution is 2.45. The summed E-state index contributed by atoms with van der Waals surface area (Å²) in [5.74, 6) is 0.808. The van der Waals surface area contributed by atoms with Gasteiger partial charge in [0.15, 0.2) is 6.17 Å². The lowest BCUT2D eigenvalue weighted by atomic mass is 9.64. The molecule has 0 aromatic rings. The first kappa shape index (κ1) is 21.4. The van der Waals surface area contributed by atoms with Crippen molar-refractivity contribution in [3.05, 3.63) is 0 Å². The van der Waals surface area contributed by atoms with Crippen molar-refractivity contribution in [1.29, 1.82) is 0 Å². The Morgan fingerprint density at radius 1 is 0.966 bits per heavy atom. The summed E-state index contributed by atoms with van der Waals surface area (Å²) in [5, 5.41) is 10.0. The van der Waals surface area contributed by atoms with Crippen LogP contribution in [0.2, 0.25) is 0 Å². The van der Waals surface area contributed by atoms with Gasteiger partial charge in [-0.2, -0.15) is 0 Å². The Morgan fingerprint density at radius 3 is 2.38 bits per heavy atom. The molecular weight excluding hydrogens is 379 g/mol. The summed E-state index contributed by atoms with van der Waals surface area (Å²) in [6.45, 7) is 6.77. The SMILES string of the molecule is CC(C)NC(=O)C1C(C)CCC2NC(C3CNC4C(F)C(F)C(F)CC34)CCC21. The molecule has 2 aliphatic carbocycles. The average Bonchev–Trinajstić information content (AvgIpc) is 3.08. The maximum atomic E-state index is 14.3. The lowest BCUT2D eigenvalue weighted by Gasteiger charge is -2.49. The molecule has 11 atom stereocenters. The lowest BCUT2D eigenvalue weighted by molar-refractivity contribution is -0.132. The Bertz CT molecular complexity index is 606. The van der Waals surface area contributed by atoms with E-state index in [0.717, 1.165) is 25.7 Å². The highest BCUT2D eigenvalue weighted by molar-refractivity contribution is 5.79. The Labute approximate surface area is 172 Å². The van der Waals surface area contributed by atoms with Crippen molar-refractivity contribution in [3.8, 4) is 0 Å². The van der Waals surface area contributed by atoms with Gasteiger partial charge in [-0.3, -0.25) is 4.79 Å². The molecule has 0 aromatic carbocycles. The van der Waals surface area contributed by atoms with Gasteiger partial charge < -0.3 is 16.0 Å². The molecule has 166 valence electrons. The molecule has 1 amide bonds. The molecule has 0 aromatic heterocycles. The number of hydrogen-bond acceptors (Lipinski definition) is 3. The van der Waals surface area contributed by atoms with Crippen LogP contribution >= 0.6 is 0 Å². The third kappa shape index (κ3) is 3.93. The average molecular weight is 416 g/mol. The zero-order chi connectivity index (χ0) is 20.9. The predicted molar refractivity (Wildman–Crippen MR) is 107 cm³/mol. The Kier molecular flexibility index (Phi) is 6.18. The fourth-order valence-corrected chi connectivity index (χ4v) is 6.74. The molecule has 2 aliphatic heterocycles. The highest BCUT2D eigenvalue weighted by atomic mass is 19.2. The second-order valence-corrected chi connectivity index (χ2v) is 10.3. The van der Waals surface area contributed by atoms with Crippen LogP contribution in [0.25, 0.3) is 0 Å². The van der Waals surface area contributed by atoms with Crippen LogP contribution in [0.3, 0.4) is 0 Å². The number of fused-ring (bicyclic) bond motifs is 2. The lowest BCUT2D eigenvalue weighted by Crippen LogP contribution is -2.59. The van der Waals surface area contributed by atoms with Crippen LogP contribution in [0.15, 0.2) is 0 Å². The monoisotopic (exact) mass is 415 g/mol. The fraction of sp³-hybridized carbons (Fsp3) is 0.955. The molecule has 2 heterocycles. The van der Waals surface area contributed by atoms with E-state index in [-0.39, 0.29) is 48.2 Å². The number of carbonyl (C=O) groups excluding carboxylic acids is 1. The third-order valence-corrected chi connectivity index (χ3v) is 8.10. The minimum Gasteiger partial charge on any atom is -0.354 e. The van der Waals surface area contributed by atoms with Gasteiger partial charge in [-0.15, -0.1) is 0 Å². The van der Waals surface area contributed by atoms with Crippen LogP contribution in [0.1, 0.15) is 52.9 Å². The van der Waals surface area contributed by atoms with Gasteiger partial charge in [0.2, 0.25) is 5.91 Å². The first-order valence-electron chi connectivity index (χ1n) is 11.5. The third-order valence-electron chi connectivity index (χ3n) is 8.10. The molecule has 0 bridgehead atoms. The van der Waals surface area contributed by atoms with Crippen molar-refractivity contribution < 1.29 is 18.0 Å². The van der Waals surface area contributed by atoms with Gasteiger partial charge in [-0.25, -0.2) is 13.2 Å². The van der Waals surface area contributed by atoms with Crippen molar-refractivity contribution in [2.24, 2.45) is 29.6 Å². The Hall–Kier alpha value is -0.820. The summed E-state index contributed by atoms with van der Waals surface area (Å²) < 4.78 is 42.2. The van der Waals surface area contributed by atoms with E-state index in [1.165, 1.54) is 0 Å². The number of alkyl halides is 3. The molecule has 0 radical (unpaired) electrons. The van der Waals surface area contributed by atoms with Crippen LogP contribution < -0.4 is 16.0 Å². The summed E-state index contributed by atoms with van der Waals surface area (Å²) in [7, 11) is 0. The van der Waals surface area contributed by atoms with Gasteiger partial charge in [0.05, 0.1) is 0 Å². The standard InChI is InChI=1S/C22H36F3N3O/c1-10(2)27-22(29)18-11(3)4-6-16-12(18)5-7-17(28-16)14-9-26-21-13(14)8-15(23)19(24)20(21)25/h10-21,26,28H,4-9H2,1-3H3,(H,27,29). The van der Waals surface area contributed by atoms with Crippen LogP contribution in [-0.2, 0) is 4.79 Å². The van der Waals surface area contributed by atoms with E-state index in [1.54, 1.807) is 0 Å². The molecule has 3 N–H and O–H groups in total. The van der Waals surface area contributed by atoms with E-state index in [1.807, 2.05) is 13.8 Å². The number of rotatable bonds is 3. The van der Waals surface area contributed by atoms with Crippen molar-refractivity contribution >= 4 is 5.91 Å². The molecule has 4 rings (SSSR count). The van der Waals surface area contributed by atoms with E-state index in [0.29, 0.717) is 18.4 Å². The number of amides is 1. The smallest absolute Gasteiger partial charge is 0.223 e. The van der Waals surface area contributed by atoms with Crippen LogP contribution in [0.5, 0.6) is 0 Å². The topological polar surface area (TPSA) is 53.2 Å². The largest absolute Gasteiger partial charge is 0.354 e. The zero-order valence-electron chi connectivity index (χ0n) is 17.7. The molecule has 4 fully saturated rings. The number of nitrogens with one attached hydrogen (secondary N) is 3. The number of hydrogen-bond donors (Lipinski definition) is 3. The molecule has 11 unspecified atom stereocenters. The molecular formula is C22H36F3N3O. The second-order valence-electron chi connectivity index (χ2n) is 10.3. The molecule has 4 aliphatic rings. The molecule has 29 heavy (non-hydrogen) atoms. The van der Waals surface area contributed by atoms with E-state index in [4.69, 9.17) is 0 Å².